The first-order valence-electron chi connectivity index (χ1n) is 5.45. The standard InChI is InChI=1S/C12H17ClN2O/c1-16-11-3-2-9(6-10(11)13)7-15-8-12(14)4-5-12/h2-3,6,15H,4-5,7-8,14H2,1H3. The lowest BCUT2D eigenvalue weighted by atomic mass is 10.2. The van der Waals surface area contributed by atoms with Crippen molar-refractivity contribution < 1.29 is 4.74 Å². The van der Waals surface area contributed by atoms with Gasteiger partial charge in [0.05, 0.1) is 12.1 Å². The van der Waals surface area contributed by atoms with Crippen molar-refractivity contribution >= 4 is 11.6 Å². The quantitative estimate of drug-likeness (QED) is 0.827. The van der Waals surface area contributed by atoms with Crippen LogP contribution in [0, 0.1) is 0 Å². The molecule has 0 spiro atoms. The van der Waals surface area contributed by atoms with Crippen molar-refractivity contribution in [2.24, 2.45) is 5.73 Å². The highest BCUT2D eigenvalue weighted by Gasteiger charge is 2.37. The van der Waals surface area contributed by atoms with Crippen LogP contribution in [-0.4, -0.2) is 19.2 Å². The van der Waals surface area contributed by atoms with Crippen LogP contribution in [0.2, 0.25) is 5.02 Å². The van der Waals surface area contributed by atoms with Crippen molar-refractivity contribution in [3.8, 4) is 5.75 Å². The smallest absolute Gasteiger partial charge is 0.137 e. The van der Waals surface area contributed by atoms with Crippen molar-refractivity contribution in [3.63, 3.8) is 0 Å². The highest BCUT2D eigenvalue weighted by Crippen LogP contribution is 2.31. The van der Waals surface area contributed by atoms with E-state index in [1.54, 1.807) is 7.11 Å². The first kappa shape index (κ1) is 11.7. The predicted octanol–water partition coefficient (Wildman–Crippen LogP) is 1.93. The lowest BCUT2D eigenvalue weighted by molar-refractivity contribution is 0.415. The Morgan fingerprint density at radius 2 is 2.25 bits per heavy atom. The highest BCUT2D eigenvalue weighted by molar-refractivity contribution is 6.32. The Balaban J connectivity index is 1.87. The molecule has 16 heavy (non-hydrogen) atoms. The van der Waals surface area contributed by atoms with Crippen LogP contribution in [0.15, 0.2) is 18.2 Å². The van der Waals surface area contributed by atoms with Gasteiger partial charge in [0.2, 0.25) is 0 Å². The molecule has 1 aliphatic carbocycles. The minimum Gasteiger partial charge on any atom is -0.495 e. The number of methoxy groups -OCH3 is 1. The molecular formula is C12H17ClN2O. The topological polar surface area (TPSA) is 47.3 Å². The molecule has 0 radical (unpaired) electrons. The Hall–Kier alpha value is -0.770. The molecule has 0 aromatic heterocycles. The van der Waals surface area contributed by atoms with Gasteiger partial charge in [0, 0.05) is 18.6 Å². The monoisotopic (exact) mass is 240 g/mol. The molecular weight excluding hydrogens is 224 g/mol. The zero-order valence-corrected chi connectivity index (χ0v) is 10.2. The van der Waals surface area contributed by atoms with Crippen LogP contribution in [0.4, 0.5) is 0 Å². The van der Waals surface area contributed by atoms with Gasteiger partial charge in [-0.3, -0.25) is 0 Å². The molecule has 1 aromatic carbocycles. The summed E-state index contributed by atoms with van der Waals surface area (Å²) in [7, 11) is 1.62. The summed E-state index contributed by atoms with van der Waals surface area (Å²) in [4.78, 5) is 0. The van der Waals surface area contributed by atoms with E-state index in [-0.39, 0.29) is 5.54 Å². The lowest BCUT2D eigenvalue weighted by Gasteiger charge is -2.11. The van der Waals surface area contributed by atoms with Crippen LogP contribution >= 0.6 is 11.6 Å². The molecule has 0 bridgehead atoms. The summed E-state index contributed by atoms with van der Waals surface area (Å²) in [5, 5.41) is 3.99. The van der Waals surface area contributed by atoms with E-state index in [1.165, 1.54) is 0 Å². The van der Waals surface area contributed by atoms with E-state index in [9.17, 15) is 0 Å². The van der Waals surface area contributed by atoms with Crippen LogP contribution in [0.25, 0.3) is 0 Å². The van der Waals surface area contributed by atoms with Gasteiger partial charge in [-0.15, -0.1) is 0 Å². The second kappa shape index (κ2) is 4.62. The molecule has 2 rings (SSSR count). The molecule has 3 N–H and O–H groups in total. The van der Waals surface area contributed by atoms with E-state index in [0.717, 1.165) is 31.5 Å². The number of hydrogen-bond donors (Lipinski definition) is 2. The van der Waals surface area contributed by atoms with Crippen LogP contribution < -0.4 is 15.8 Å². The molecule has 88 valence electrons. The second-order valence-electron chi connectivity index (χ2n) is 4.43. The first-order chi connectivity index (χ1) is 7.63. The zero-order chi connectivity index (χ0) is 11.6. The Labute approximate surface area is 101 Å². The SMILES string of the molecule is COc1ccc(CNCC2(N)CC2)cc1Cl. The summed E-state index contributed by atoms with van der Waals surface area (Å²) in [6, 6.07) is 5.81. The predicted molar refractivity (Wildman–Crippen MR) is 65.9 cm³/mol. The van der Waals surface area contributed by atoms with Gasteiger partial charge in [0.15, 0.2) is 0 Å². The van der Waals surface area contributed by atoms with E-state index in [4.69, 9.17) is 22.1 Å². The van der Waals surface area contributed by atoms with Crippen LogP contribution in [0.5, 0.6) is 5.75 Å². The number of ether oxygens (including phenoxy) is 1. The summed E-state index contributed by atoms with van der Waals surface area (Å²) in [5.74, 6) is 0.711. The molecule has 0 heterocycles. The highest BCUT2D eigenvalue weighted by atomic mass is 35.5. The number of halogens is 1. The van der Waals surface area contributed by atoms with Crippen molar-refractivity contribution in [1.82, 2.24) is 5.32 Å². The molecule has 3 nitrogen and oxygen atoms in total. The maximum absolute atomic E-state index is 6.03. The van der Waals surface area contributed by atoms with Crippen molar-refractivity contribution in [3.05, 3.63) is 28.8 Å². The Bertz CT molecular complexity index is 377. The number of nitrogens with two attached hydrogens (primary N) is 1. The minimum absolute atomic E-state index is 0.0519. The average molecular weight is 241 g/mol. The Kier molecular flexibility index (Phi) is 3.38. The van der Waals surface area contributed by atoms with Gasteiger partial charge in [-0.2, -0.15) is 0 Å². The maximum Gasteiger partial charge on any atom is 0.137 e. The minimum atomic E-state index is 0.0519. The maximum atomic E-state index is 6.03. The van der Waals surface area contributed by atoms with E-state index in [2.05, 4.69) is 5.32 Å². The van der Waals surface area contributed by atoms with E-state index in [1.807, 2.05) is 18.2 Å². The summed E-state index contributed by atoms with van der Waals surface area (Å²) in [5.41, 5.74) is 7.18. The zero-order valence-electron chi connectivity index (χ0n) is 9.42. The van der Waals surface area contributed by atoms with Crippen molar-refractivity contribution in [2.75, 3.05) is 13.7 Å². The van der Waals surface area contributed by atoms with Crippen LogP contribution in [-0.2, 0) is 6.54 Å². The summed E-state index contributed by atoms with van der Waals surface area (Å²) in [6.07, 6.45) is 2.26. The van der Waals surface area contributed by atoms with E-state index < -0.39 is 0 Å². The Morgan fingerprint density at radius 1 is 1.50 bits per heavy atom. The van der Waals surface area contributed by atoms with Crippen LogP contribution in [0.3, 0.4) is 0 Å². The molecule has 1 aliphatic rings. The molecule has 0 aliphatic heterocycles. The third kappa shape index (κ3) is 2.88. The van der Waals surface area contributed by atoms with Gasteiger partial charge in [0.25, 0.3) is 0 Å². The number of rotatable bonds is 5. The van der Waals surface area contributed by atoms with E-state index >= 15 is 0 Å². The van der Waals surface area contributed by atoms with Gasteiger partial charge in [-0.25, -0.2) is 0 Å². The third-order valence-corrected chi connectivity index (χ3v) is 3.21. The van der Waals surface area contributed by atoms with Gasteiger partial charge < -0.3 is 15.8 Å². The fourth-order valence-electron chi connectivity index (χ4n) is 1.61. The average Bonchev–Trinajstić information content (AvgIpc) is 2.97. The number of benzene rings is 1. The third-order valence-electron chi connectivity index (χ3n) is 2.91. The molecule has 0 saturated heterocycles. The van der Waals surface area contributed by atoms with Crippen LogP contribution in [0.1, 0.15) is 18.4 Å². The molecule has 0 amide bonds. The molecule has 4 heteroatoms. The fraction of sp³-hybridized carbons (Fsp3) is 0.500. The lowest BCUT2D eigenvalue weighted by Crippen LogP contribution is -2.35. The first-order valence-corrected chi connectivity index (χ1v) is 5.83. The normalized spacial score (nSPS) is 17.2. The van der Waals surface area contributed by atoms with Crippen molar-refractivity contribution in [1.29, 1.82) is 0 Å². The molecule has 0 unspecified atom stereocenters. The Morgan fingerprint density at radius 3 is 2.81 bits per heavy atom. The summed E-state index contributed by atoms with van der Waals surface area (Å²) in [6.45, 7) is 1.67. The molecule has 1 fully saturated rings. The molecule has 1 aromatic rings. The van der Waals surface area contributed by atoms with Gasteiger partial charge >= 0.3 is 0 Å². The fourth-order valence-corrected chi connectivity index (χ4v) is 1.89. The van der Waals surface area contributed by atoms with Gasteiger partial charge in [0.1, 0.15) is 5.75 Å². The largest absolute Gasteiger partial charge is 0.495 e. The van der Waals surface area contributed by atoms with Gasteiger partial charge in [-0.1, -0.05) is 17.7 Å². The molecule has 0 atom stereocenters. The van der Waals surface area contributed by atoms with E-state index in [0.29, 0.717) is 10.8 Å². The summed E-state index contributed by atoms with van der Waals surface area (Å²) < 4.78 is 5.10. The number of nitrogens with one attached hydrogen (secondary N) is 1. The summed E-state index contributed by atoms with van der Waals surface area (Å²) >= 11 is 6.03. The second-order valence-corrected chi connectivity index (χ2v) is 4.84. The molecule has 1 saturated carbocycles. The van der Waals surface area contributed by atoms with Crippen molar-refractivity contribution in [2.45, 2.75) is 24.9 Å². The number of hydrogen-bond acceptors (Lipinski definition) is 3. The van der Waals surface area contributed by atoms with Gasteiger partial charge in [-0.05, 0) is 30.5 Å².